The van der Waals surface area contributed by atoms with E-state index in [1.54, 1.807) is 0 Å². The Morgan fingerprint density at radius 2 is 2.07 bits per heavy atom. The summed E-state index contributed by atoms with van der Waals surface area (Å²) in [7, 11) is 0. The monoisotopic (exact) mass is 383 g/mol. The van der Waals surface area contributed by atoms with E-state index in [2.05, 4.69) is 39.1 Å². The average molecular weight is 384 g/mol. The van der Waals surface area contributed by atoms with Crippen LogP contribution >= 0.6 is 11.8 Å². The van der Waals surface area contributed by atoms with Crippen LogP contribution in [-0.4, -0.2) is 36.9 Å². The van der Waals surface area contributed by atoms with Gasteiger partial charge in [0.15, 0.2) is 5.65 Å². The molecule has 1 aromatic carbocycles. The summed E-state index contributed by atoms with van der Waals surface area (Å²) in [5.74, 6) is 0.0599. The maximum Gasteiger partial charge on any atom is 0.233 e. The standard InChI is InChI=1S/C20H25N5OS/c1-3-12-25-16-11-7-6-10-15(16)17-18(25)22-20(24-23-17)27-13(2)19(26)21-14-8-4-5-9-14/h6-7,10-11,13-14H,3-5,8-9,12H2,1-2H3,(H,21,26). The molecule has 0 radical (unpaired) electrons. The Balaban J connectivity index is 1.59. The zero-order valence-electron chi connectivity index (χ0n) is 15.8. The van der Waals surface area contributed by atoms with Crippen LogP contribution in [0.25, 0.3) is 22.1 Å². The third-order valence-corrected chi connectivity index (χ3v) is 6.11. The lowest BCUT2D eigenvalue weighted by molar-refractivity contribution is -0.120. The normalized spacial score (nSPS) is 16.2. The number of nitrogens with zero attached hydrogens (tertiary/aromatic N) is 4. The molecule has 0 saturated heterocycles. The Morgan fingerprint density at radius 3 is 2.85 bits per heavy atom. The molecule has 2 aromatic heterocycles. The summed E-state index contributed by atoms with van der Waals surface area (Å²) in [6, 6.07) is 8.53. The van der Waals surface area contributed by atoms with E-state index in [4.69, 9.17) is 4.98 Å². The van der Waals surface area contributed by atoms with Gasteiger partial charge in [-0.2, -0.15) is 0 Å². The van der Waals surface area contributed by atoms with E-state index < -0.39 is 0 Å². The summed E-state index contributed by atoms with van der Waals surface area (Å²) in [6.45, 7) is 4.94. The predicted molar refractivity (Wildman–Crippen MR) is 109 cm³/mol. The number of para-hydroxylation sites is 1. The second-order valence-corrected chi connectivity index (χ2v) is 8.49. The van der Waals surface area contributed by atoms with Crippen molar-refractivity contribution in [2.45, 2.75) is 68.9 Å². The molecule has 27 heavy (non-hydrogen) atoms. The summed E-state index contributed by atoms with van der Waals surface area (Å²) in [6.07, 6.45) is 5.60. The van der Waals surface area contributed by atoms with E-state index in [9.17, 15) is 4.79 Å². The van der Waals surface area contributed by atoms with Crippen molar-refractivity contribution in [1.29, 1.82) is 0 Å². The Morgan fingerprint density at radius 1 is 1.30 bits per heavy atom. The maximum absolute atomic E-state index is 12.5. The zero-order valence-corrected chi connectivity index (χ0v) is 16.6. The molecule has 0 spiro atoms. The highest BCUT2D eigenvalue weighted by atomic mass is 32.2. The third-order valence-electron chi connectivity index (χ3n) is 5.15. The fourth-order valence-corrected chi connectivity index (χ4v) is 4.51. The molecule has 1 saturated carbocycles. The summed E-state index contributed by atoms with van der Waals surface area (Å²) < 4.78 is 2.20. The molecule has 1 fully saturated rings. The topological polar surface area (TPSA) is 72.7 Å². The SMILES string of the molecule is CCCn1c2ccccc2c2nnc(SC(C)C(=O)NC3CCCC3)nc21. The van der Waals surface area contributed by atoms with Gasteiger partial charge in [0.25, 0.3) is 0 Å². The predicted octanol–water partition coefficient (Wildman–Crippen LogP) is 3.93. The molecule has 4 rings (SSSR count). The van der Waals surface area contributed by atoms with Crippen molar-refractivity contribution in [3.05, 3.63) is 24.3 Å². The van der Waals surface area contributed by atoms with Crippen LogP contribution in [0.15, 0.2) is 29.4 Å². The van der Waals surface area contributed by atoms with Gasteiger partial charge >= 0.3 is 0 Å². The smallest absolute Gasteiger partial charge is 0.233 e. The molecule has 1 N–H and O–H groups in total. The van der Waals surface area contributed by atoms with E-state index >= 15 is 0 Å². The molecule has 1 aliphatic rings. The molecule has 6 nitrogen and oxygen atoms in total. The van der Waals surface area contributed by atoms with Crippen LogP contribution in [-0.2, 0) is 11.3 Å². The van der Waals surface area contributed by atoms with Crippen molar-refractivity contribution in [2.75, 3.05) is 0 Å². The lowest BCUT2D eigenvalue weighted by atomic mass is 10.2. The number of benzene rings is 1. The van der Waals surface area contributed by atoms with Gasteiger partial charge in [0.05, 0.1) is 10.8 Å². The molecular weight excluding hydrogens is 358 g/mol. The highest BCUT2D eigenvalue weighted by molar-refractivity contribution is 8.00. The number of aryl methyl sites for hydroxylation is 1. The number of aromatic nitrogens is 4. The van der Waals surface area contributed by atoms with Gasteiger partial charge in [-0.15, -0.1) is 10.2 Å². The lowest BCUT2D eigenvalue weighted by Crippen LogP contribution is -2.37. The zero-order chi connectivity index (χ0) is 18.8. The van der Waals surface area contributed by atoms with Crippen LogP contribution < -0.4 is 5.32 Å². The van der Waals surface area contributed by atoms with Gasteiger partial charge in [0.2, 0.25) is 11.1 Å². The number of rotatable bonds is 6. The number of thioether (sulfide) groups is 1. The summed E-state index contributed by atoms with van der Waals surface area (Å²) >= 11 is 1.38. The Hall–Kier alpha value is -2.15. The van der Waals surface area contributed by atoms with Crippen molar-refractivity contribution in [3.63, 3.8) is 0 Å². The lowest BCUT2D eigenvalue weighted by Gasteiger charge is -2.15. The first-order chi connectivity index (χ1) is 13.2. The van der Waals surface area contributed by atoms with Gasteiger partial charge in [0, 0.05) is 18.0 Å². The Bertz CT molecular complexity index is 964. The first-order valence-electron chi connectivity index (χ1n) is 9.76. The van der Waals surface area contributed by atoms with Crippen molar-refractivity contribution in [1.82, 2.24) is 25.1 Å². The summed E-state index contributed by atoms with van der Waals surface area (Å²) in [5.41, 5.74) is 2.80. The fourth-order valence-electron chi connectivity index (χ4n) is 3.79. The first kappa shape index (κ1) is 18.2. The van der Waals surface area contributed by atoms with E-state index in [0.717, 1.165) is 47.9 Å². The minimum atomic E-state index is -0.242. The molecule has 142 valence electrons. The molecular formula is C20H25N5OS. The number of amides is 1. The van der Waals surface area contributed by atoms with Gasteiger partial charge in [-0.05, 0) is 32.3 Å². The Kier molecular flexibility index (Phi) is 5.29. The fraction of sp³-hybridized carbons (Fsp3) is 0.500. The van der Waals surface area contributed by atoms with Crippen molar-refractivity contribution >= 4 is 39.7 Å². The first-order valence-corrected chi connectivity index (χ1v) is 10.6. The second kappa shape index (κ2) is 7.84. The van der Waals surface area contributed by atoms with E-state index in [-0.39, 0.29) is 11.2 Å². The number of carbonyl (C=O) groups is 1. The number of carbonyl (C=O) groups excluding carboxylic acids is 1. The van der Waals surface area contributed by atoms with Crippen LogP contribution in [0.5, 0.6) is 0 Å². The number of hydrogen-bond donors (Lipinski definition) is 1. The van der Waals surface area contributed by atoms with Gasteiger partial charge in [-0.1, -0.05) is 49.7 Å². The highest BCUT2D eigenvalue weighted by Crippen LogP contribution is 2.28. The molecule has 0 bridgehead atoms. The number of nitrogens with one attached hydrogen (secondary N) is 1. The molecule has 1 amide bonds. The van der Waals surface area contributed by atoms with Gasteiger partial charge < -0.3 is 9.88 Å². The average Bonchev–Trinajstić information content (AvgIpc) is 3.29. The minimum Gasteiger partial charge on any atom is -0.352 e. The van der Waals surface area contributed by atoms with Gasteiger partial charge in [-0.3, -0.25) is 4.79 Å². The molecule has 7 heteroatoms. The van der Waals surface area contributed by atoms with Crippen molar-refractivity contribution < 1.29 is 4.79 Å². The second-order valence-electron chi connectivity index (χ2n) is 7.19. The van der Waals surface area contributed by atoms with E-state index in [1.807, 2.05) is 19.1 Å². The molecule has 1 unspecified atom stereocenters. The van der Waals surface area contributed by atoms with Crippen LogP contribution in [0.3, 0.4) is 0 Å². The molecule has 0 aliphatic heterocycles. The molecule has 1 aliphatic carbocycles. The maximum atomic E-state index is 12.5. The summed E-state index contributed by atoms with van der Waals surface area (Å²) in [5, 5.41) is 13.3. The van der Waals surface area contributed by atoms with Gasteiger partial charge in [-0.25, -0.2) is 4.98 Å². The molecule has 1 atom stereocenters. The van der Waals surface area contributed by atoms with E-state index in [0.29, 0.717) is 11.2 Å². The van der Waals surface area contributed by atoms with E-state index in [1.165, 1.54) is 24.6 Å². The van der Waals surface area contributed by atoms with Crippen LogP contribution in [0.4, 0.5) is 0 Å². The number of hydrogen-bond acceptors (Lipinski definition) is 5. The Labute approximate surface area is 163 Å². The molecule has 2 heterocycles. The minimum absolute atomic E-state index is 0.0599. The van der Waals surface area contributed by atoms with Crippen molar-refractivity contribution in [3.8, 4) is 0 Å². The highest BCUT2D eigenvalue weighted by Gasteiger charge is 2.23. The van der Waals surface area contributed by atoms with Crippen LogP contribution in [0.2, 0.25) is 0 Å². The van der Waals surface area contributed by atoms with Gasteiger partial charge in [0.1, 0.15) is 5.52 Å². The summed E-state index contributed by atoms with van der Waals surface area (Å²) in [4.78, 5) is 17.2. The molecule has 3 aromatic rings. The third kappa shape index (κ3) is 3.65. The number of fused-ring (bicyclic) bond motifs is 3. The quantitative estimate of drug-likeness (QED) is 0.653. The largest absolute Gasteiger partial charge is 0.352 e. The van der Waals surface area contributed by atoms with Crippen LogP contribution in [0, 0.1) is 0 Å². The van der Waals surface area contributed by atoms with Crippen LogP contribution in [0.1, 0.15) is 46.0 Å². The van der Waals surface area contributed by atoms with Crippen molar-refractivity contribution in [2.24, 2.45) is 0 Å².